The van der Waals surface area contributed by atoms with Crippen molar-refractivity contribution in [2.24, 2.45) is 0 Å². The fraction of sp³-hybridized carbons (Fsp3) is 0.526. The second-order valence-electron chi connectivity index (χ2n) is 32.3. The summed E-state index contributed by atoms with van der Waals surface area (Å²) in [6.07, 6.45) is 53.2. The van der Waals surface area contributed by atoms with Crippen LogP contribution in [0.1, 0.15) is 381 Å². The smallest absolute Gasteiger partial charge is 0.270 e. The molecule has 3 heterocycles. The molecule has 0 amide bonds. The molecule has 110 heavy (non-hydrogen) atoms. The Balaban J connectivity index is 1.20. The molecular formula is C97H115Cl4N5O2S2. The fourth-order valence-corrected chi connectivity index (χ4v) is 22.1. The molecule has 11 rings (SSSR count). The normalized spacial score (nSPS) is 15.4. The van der Waals surface area contributed by atoms with Gasteiger partial charge in [0.15, 0.2) is 11.6 Å². The molecule has 0 spiro atoms. The van der Waals surface area contributed by atoms with E-state index >= 15 is 0 Å². The predicted octanol–water partition coefficient (Wildman–Crippen LogP) is 32.6. The Labute approximate surface area is 686 Å². The second-order valence-corrected chi connectivity index (χ2v) is 36.1. The van der Waals surface area contributed by atoms with Crippen LogP contribution in [0.25, 0.3) is 70.8 Å². The van der Waals surface area contributed by atoms with Crippen molar-refractivity contribution in [1.29, 1.82) is 15.8 Å². The van der Waals surface area contributed by atoms with E-state index in [0.29, 0.717) is 44.5 Å². The molecule has 0 radical (unpaired) electrons. The van der Waals surface area contributed by atoms with E-state index in [4.69, 9.17) is 53.0 Å². The van der Waals surface area contributed by atoms with Crippen molar-refractivity contribution in [3.8, 4) is 39.1 Å². The van der Waals surface area contributed by atoms with Gasteiger partial charge in [0.25, 0.3) is 5.70 Å². The largest absolute Gasteiger partial charge is 0.337 e. The molecule has 0 atom stereocenters. The van der Waals surface area contributed by atoms with Crippen LogP contribution in [0, 0.1) is 40.6 Å². The number of benzene rings is 4. The number of allylic oxidation sites excluding steroid dienone is 6. The van der Waals surface area contributed by atoms with Crippen LogP contribution < -0.4 is 0 Å². The van der Waals surface area contributed by atoms with Crippen LogP contribution >= 0.6 is 69.1 Å². The predicted molar refractivity (Wildman–Crippen MR) is 469 cm³/mol. The molecule has 4 aliphatic rings. The van der Waals surface area contributed by atoms with Gasteiger partial charge in [-0.15, -0.1) is 22.7 Å². The molecule has 4 aliphatic carbocycles. The van der Waals surface area contributed by atoms with Crippen LogP contribution in [0.3, 0.4) is 0 Å². The van der Waals surface area contributed by atoms with Crippen molar-refractivity contribution in [2.45, 2.75) is 328 Å². The first-order valence-electron chi connectivity index (χ1n) is 42.7. The zero-order chi connectivity index (χ0) is 77.9. The highest BCUT2D eigenvalue weighted by Crippen LogP contribution is 2.62. The van der Waals surface area contributed by atoms with Gasteiger partial charge < -0.3 is 4.57 Å². The summed E-state index contributed by atoms with van der Waals surface area (Å²) >= 11 is 30.2. The third kappa shape index (κ3) is 18.2. The zero-order valence-corrected chi connectivity index (χ0v) is 71.2. The summed E-state index contributed by atoms with van der Waals surface area (Å²) in [7, 11) is 0. The molecular weight excluding hydrogens is 1470 g/mol. The third-order valence-corrected chi connectivity index (χ3v) is 28.5. The van der Waals surface area contributed by atoms with Crippen LogP contribution in [0.5, 0.6) is 0 Å². The number of unbranched alkanes of at least 4 members (excludes halogenated alkanes) is 30. The Morgan fingerprint density at radius 1 is 0.409 bits per heavy atom. The first kappa shape index (κ1) is 84.4. The Bertz CT molecular complexity index is 4430. The van der Waals surface area contributed by atoms with E-state index in [0.717, 1.165) is 112 Å². The quantitative estimate of drug-likeness (QED) is 0.0163. The number of hydrogen-bond donors (Lipinski definition) is 0. The average molecular weight is 1590 g/mol. The minimum absolute atomic E-state index is 0.132. The summed E-state index contributed by atoms with van der Waals surface area (Å²) in [5.41, 5.74) is 12.6. The topological polar surface area (TPSA) is 115 Å². The first-order chi connectivity index (χ1) is 53.7. The summed E-state index contributed by atoms with van der Waals surface area (Å²) in [6, 6.07) is 28.6. The highest BCUT2D eigenvalue weighted by molar-refractivity contribution is 7.17. The Morgan fingerprint density at radius 2 is 0.727 bits per heavy atom. The van der Waals surface area contributed by atoms with Gasteiger partial charge in [-0.3, -0.25) is 9.59 Å². The van der Waals surface area contributed by atoms with Crippen LogP contribution in [-0.4, -0.2) is 16.1 Å². The molecule has 0 unspecified atom stereocenters. The van der Waals surface area contributed by atoms with Crippen molar-refractivity contribution < 1.29 is 9.59 Å². The number of carbonyl (C=O) groups is 2. The number of nitriles is 3. The highest BCUT2D eigenvalue weighted by atomic mass is 35.5. The Morgan fingerprint density at radius 3 is 1.06 bits per heavy atom. The molecule has 0 saturated carbocycles. The zero-order valence-electron chi connectivity index (χ0n) is 66.6. The summed E-state index contributed by atoms with van der Waals surface area (Å²) < 4.78 is 2.85. The van der Waals surface area contributed by atoms with Gasteiger partial charge in [-0.2, -0.15) is 10.5 Å². The molecule has 4 aromatic carbocycles. The lowest BCUT2D eigenvalue weighted by molar-refractivity contribution is 0.103. The summed E-state index contributed by atoms with van der Waals surface area (Å²) in [4.78, 5) is 38.0. The molecule has 0 N–H and O–H groups in total. The SMILES string of the molecule is [C-]#[N+]C(C#N)=C1/C(=C/c2cc3c(s2)-c2cc4c(cc2C3(CCCCCCCC)CCCCCCCC)c2cc3c(cc2n4C(CCCCCCCC)CCCCCCCC)-c2sc(/C=C4\C(=O)c5cc(Cl)c(Cl)cc5C4=C(C#N)C#N)cc2C3(CCCCCCCC)CCCCCCCC)C(=O)c2cc(Cl)c(Cl)cc21. The van der Waals surface area contributed by atoms with E-state index in [1.165, 1.54) is 232 Å². The second kappa shape index (κ2) is 40.5. The van der Waals surface area contributed by atoms with Gasteiger partial charge in [-0.05, 0) is 156 Å². The number of Topliss-reactive ketones (excluding diaryl/α,β-unsaturated/α-hetero) is 2. The molecule has 0 bridgehead atoms. The number of fused-ring (bicyclic) bond motifs is 11. The maximum absolute atomic E-state index is 14.9. The minimum Gasteiger partial charge on any atom is -0.337 e. The van der Waals surface area contributed by atoms with Gasteiger partial charge in [0.1, 0.15) is 17.7 Å². The molecule has 580 valence electrons. The van der Waals surface area contributed by atoms with Crippen molar-refractivity contribution in [3.05, 3.63) is 169 Å². The first-order valence-corrected chi connectivity index (χ1v) is 45.9. The van der Waals surface area contributed by atoms with Crippen molar-refractivity contribution in [3.63, 3.8) is 0 Å². The summed E-state index contributed by atoms with van der Waals surface area (Å²) in [6.45, 7) is 22.0. The van der Waals surface area contributed by atoms with Crippen molar-refractivity contribution in [2.75, 3.05) is 0 Å². The number of ketones is 2. The van der Waals surface area contributed by atoms with Gasteiger partial charge in [0.2, 0.25) is 0 Å². The summed E-state index contributed by atoms with van der Waals surface area (Å²) in [5.74, 6) is -0.539. The van der Waals surface area contributed by atoms with Gasteiger partial charge in [-0.25, -0.2) is 10.1 Å². The minimum atomic E-state index is -0.331. The molecule has 0 saturated heterocycles. The van der Waals surface area contributed by atoms with Crippen LogP contribution in [0.2, 0.25) is 20.1 Å². The molecule has 7 aromatic rings. The van der Waals surface area contributed by atoms with Gasteiger partial charge >= 0.3 is 0 Å². The maximum atomic E-state index is 14.9. The molecule has 3 aromatic heterocycles. The van der Waals surface area contributed by atoms with Crippen LogP contribution in [-0.2, 0) is 10.8 Å². The number of carbonyl (C=O) groups excluding carboxylic acids is 2. The van der Waals surface area contributed by atoms with Gasteiger partial charge in [0.05, 0.1) is 43.8 Å². The van der Waals surface area contributed by atoms with E-state index in [1.807, 2.05) is 12.2 Å². The van der Waals surface area contributed by atoms with Crippen molar-refractivity contribution >= 4 is 126 Å². The molecule has 13 heteroatoms. The van der Waals surface area contributed by atoms with Crippen LogP contribution in [0.4, 0.5) is 0 Å². The van der Waals surface area contributed by atoms with E-state index < -0.39 is 0 Å². The Hall–Kier alpha value is -6.50. The lowest BCUT2D eigenvalue weighted by Gasteiger charge is -2.33. The van der Waals surface area contributed by atoms with Crippen molar-refractivity contribution in [1.82, 2.24) is 4.57 Å². The highest BCUT2D eigenvalue weighted by Gasteiger charge is 2.48. The monoisotopic (exact) mass is 1590 g/mol. The number of thiophene rings is 2. The third-order valence-electron chi connectivity index (χ3n) is 24.8. The van der Waals surface area contributed by atoms with E-state index in [-0.39, 0.29) is 59.8 Å². The van der Waals surface area contributed by atoms with Crippen LogP contribution in [0.15, 0.2) is 83.1 Å². The number of aromatic nitrogens is 1. The number of hydrogen-bond acceptors (Lipinski definition) is 7. The molecule has 0 aliphatic heterocycles. The number of halogens is 4. The molecule has 7 nitrogen and oxygen atoms in total. The van der Waals surface area contributed by atoms with Gasteiger partial charge in [-0.1, -0.05) is 319 Å². The molecule has 0 fully saturated rings. The maximum Gasteiger partial charge on any atom is 0.270 e. The van der Waals surface area contributed by atoms with Gasteiger partial charge in [0, 0.05) is 80.6 Å². The average Bonchev–Trinajstić information content (AvgIpc) is 1.52. The number of nitrogens with zero attached hydrogens (tertiary/aromatic N) is 5. The standard InChI is InChI=1S/C97H115Cl4N5O2S2/c1-8-14-20-26-32-38-44-66(45-39-33-27-21-15-9-2)106-88-60-75-79(96(46-40-34-28-22-16-10-3,47-41-35-29-23-17-11-4)81-52-67(109-94(75)81)50-77-90(65(62-102)63-103)71-56-83(98)85(100)58-73(71)92(77)107)54-69(88)70-55-80-76(61-89(70)106)95-82(97(80,48-42-36-30-24-18-12-5)49-43-37-31-25-19-13-6)53-68(110-95)51-78-91(87(64-104)105-7)72-57-84(99)86(101)59-74(72)93(78)108/h50-61,66H,8-49H2,1-6H3/b77-50-,78-51-,91-87?. The summed E-state index contributed by atoms with van der Waals surface area (Å²) in [5, 5.41) is 35.5. The lowest BCUT2D eigenvalue weighted by Crippen LogP contribution is -2.25. The Kier molecular flexibility index (Phi) is 31.1. The van der Waals surface area contributed by atoms with E-state index in [1.54, 1.807) is 46.9 Å². The lowest BCUT2D eigenvalue weighted by atomic mass is 9.70. The van der Waals surface area contributed by atoms with E-state index in [9.17, 15) is 25.4 Å². The van der Waals surface area contributed by atoms with E-state index in [2.05, 4.69) is 106 Å². The fourth-order valence-electron chi connectivity index (χ4n) is 19.0. The number of rotatable bonds is 45.